The summed E-state index contributed by atoms with van der Waals surface area (Å²) in [6.45, 7) is 1.33. The van der Waals surface area contributed by atoms with Gasteiger partial charge in [0.2, 0.25) is 5.91 Å². The summed E-state index contributed by atoms with van der Waals surface area (Å²) in [5.41, 5.74) is 6.49. The van der Waals surface area contributed by atoms with E-state index in [-0.39, 0.29) is 23.1 Å². The molecule has 112 valence electrons. The number of nitrogens with zero attached hydrogens (tertiary/aromatic N) is 2. The van der Waals surface area contributed by atoms with E-state index in [1.807, 2.05) is 35.2 Å². The number of likely N-dealkylation sites (tertiary alicyclic amines) is 1. The Kier molecular flexibility index (Phi) is 3.57. The van der Waals surface area contributed by atoms with Crippen molar-refractivity contribution in [3.8, 4) is 0 Å². The molecule has 0 spiro atoms. The van der Waals surface area contributed by atoms with E-state index in [2.05, 4.69) is 5.16 Å². The number of carbonyl (C=O) groups excluding carboxylic acids is 1. The molecule has 1 aromatic carbocycles. The van der Waals surface area contributed by atoms with Crippen LogP contribution in [0.1, 0.15) is 31.2 Å². The molecule has 21 heavy (non-hydrogen) atoms. The van der Waals surface area contributed by atoms with Crippen LogP contribution in [0.4, 0.5) is 0 Å². The molecule has 1 atom stereocenters. The fourth-order valence-corrected chi connectivity index (χ4v) is 3.30. The van der Waals surface area contributed by atoms with Crippen molar-refractivity contribution in [2.24, 2.45) is 16.8 Å². The normalized spacial score (nSPS) is 24.7. The van der Waals surface area contributed by atoms with E-state index < -0.39 is 0 Å². The van der Waals surface area contributed by atoms with Crippen molar-refractivity contribution in [3.05, 3.63) is 35.9 Å². The SMILES string of the molecule is NC(=NO)C1CCCN(C(=O)C2(c3ccccc3)CC2)C1. The Morgan fingerprint density at radius 2 is 2.05 bits per heavy atom. The Morgan fingerprint density at radius 1 is 1.33 bits per heavy atom. The van der Waals surface area contributed by atoms with Crippen LogP contribution in [-0.4, -0.2) is 34.9 Å². The van der Waals surface area contributed by atoms with Crippen LogP contribution in [0.25, 0.3) is 0 Å². The number of oxime groups is 1. The molecule has 0 bridgehead atoms. The second kappa shape index (κ2) is 5.39. The van der Waals surface area contributed by atoms with Gasteiger partial charge in [-0.3, -0.25) is 4.79 Å². The lowest BCUT2D eigenvalue weighted by molar-refractivity contribution is -0.135. The molecule has 1 saturated carbocycles. The second-order valence-corrected chi connectivity index (χ2v) is 6.06. The van der Waals surface area contributed by atoms with E-state index in [1.54, 1.807) is 0 Å². The molecule has 1 heterocycles. The Hall–Kier alpha value is -2.04. The minimum absolute atomic E-state index is 0.0285. The molecule has 0 radical (unpaired) electrons. The summed E-state index contributed by atoms with van der Waals surface area (Å²) in [5.74, 6) is 0.403. The molecular weight excluding hydrogens is 266 g/mol. The average Bonchev–Trinajstić information content (AvgIpc) is 3.36. The molecule has 2 fully saturated rings. The maximum absolute atomic E-state index is 12.9. The standard InChI is InChI=1S/C16H21N3O2/c17-14(18-21)12-5-4-10-19(11-12)15(20)16(8-9-16)13-6-2-1-3-7-13/h1-3,6-7,12,21H,4-5,8-11H2,(H2,17,18). The summed E-state index contributed by atoms with van der Waals surface area (Å²) in [7, 11) is 0. The van der Waals surface area contributed by atoms with Gasteiger partial charge in [0.1, 0.15) is 5.84 Å². The number of hydrogen-bond acceptors (Lipinski definition) is 3. The van der Waals surface area contributed by atoms with Gasteiger partial charge >= 0.3 is 0 Å². The van der Waals surface area contributed by atoms with Gasteiger partial charge < -0.3 is 15.8 Å². The van der Waals surface area contributed by atoms with Crippen molar-refractivity contribution >= 4 is 11.7 Å². The summed E-state index contributed by atoms with van der Waals surface area (Å²) in [6.07, 6.45) is 3.61. The van der Waals surface area contributed by atoms with Crippen molar-refractivity contribution in [3.63, 3.8) is 0 Å². The van der Waals surface area contributed by atoms with Crippen molar-refractivity contribution in [1.82, 2.24) is 4.90 Å². The fourth-order valence-electron chi connectivity index (χ4n) is 3.30. The molecule has 5 heteroatoms. The Morgan fingerprint density at radius 3 is 2.67 bits per heavy atom. The quantitative estimate of drug-likeness (QED) is 0.384. The van der Waals surface area contributed by atoms with Crippen LogP contribution >= 0.6 is 0 Å². The van der Waals surface area contributed by atoms with Gasteiger partial charge in [-0.05, 0) is 31.2 Å². The van der Waals surface area contributed by atoms with Gasteiger partial charge in [-0.25, -0.2) is 0 Å². The first-order chi connectivity index (χ1) is 10.2. The van der Waals surface area contributed by atoms with E-state index in [4.69, 9.17) is 10.9 Å². The van der Waals surface area contributed by atoms with Crippen LogP contribution in [0, 0.1) is 5.92 Å². The zero-order valence-corrected chi connectivity index (χ0v) is 12.0. The highest BCUT2D eigenvalue weighted by Crippen LogP contribution is 2.49. The Labute approximate surface area is 124 Å². The predicted octanol–water partition coefficient (Wildman–Crippen LogP) is 1.70. The van der Waals surface area contributed by atoms with E-state index in [0.717, 1.165) is 37.8 Å². The highest BCUT2D eigenvalue weighted by atomic mass is 16.4. The maximum Gasteiger partial charge on any atom is 0.233 e. The van der Waals surface area contributed by atoms with E-state index in [0.29, 0.717) is 6.54 Å². The van der Waals surface area contributed by atoms with Crippen molar-refractivity contribution in [2.45, 2.75) is 31.1 Å². The van der Waals surface area contributed by atoms with E-state index >= 15 is 0 Å². The highest BCUT2D eigenvalue weighted by molar-refractivity contribution is 5.92. The third kappa shape index (κ3) is 2.48. The number of benzene rings is 1. The lowest BCUT2D eigenvalue weighted by atomic mass is 9.91. The van der Waals surface area contributed by atoms with Gasteiger partial charge in [0.25, 0.3) is 0 Å². The minimum atomic E-state index is -0.325. The first-order valence-electron chi connectivity index (χ1n) is 7.50. The predicted molar refractivity (Wildman–Crippen MR) is 80.1 cm³/mol. The number of carbonyl (C=O) groups is 1. The number of hydrogen-bond donors (Lipinski definition) is 2. The molecule has 0 aromatic heterocycles. The van der Waals surface area contributed by atoms with Gasteiger partial charge in [-0.1, -0.05) is 35.5 Å². The highest BCUT2D eigenvalue weighted by Gasteiger charge is 2.53. The molecule has 1 saturated heterocycles. The summed E-state index contributed by atoms with van der Waals surface area (Å²) in [5, 5.41) is 11.9. The average molecular weight is 287 g/mol. The fraction of sp³-hybridized carbons (Fsp3) is 0.500. The lowest BCUT2D eigenvalue weighted by Gasteiger charge is -2.34. The maximum atomic E-state index is 12.9. The van der Waals surface area contributed by atoms with Crippen molar-refractivity contribution in [1.29, 1.82) is 0 Å². The number of rotatable bonds is 3. The summed E-state index contributed by atoms with van der Waals surface area (Å²) in [4.78, 5) is 14.8. The molecular formula is C16H21N3O2. The van der Waals surface area contributed by atoms with Crippen LogP contribution in [0.2, 0.25) is 0 Å². The molecule has 1 aromatic rings. The molecule has 3 rings (SSSR count). The molecule has 3 N–H and O–H groups in total. The van der Waals surface area contributed by atoms with Gasteiger partial charge in [-0.2, -0.15) is 0 Å². The second-order valence-electron chi connectivity index (χ2n) is 6.06. The van der Waals surface area contributed by atoms with Gasteiger partial charge in [0, 0.05) is 19.0 Å². The van der Waals surface area contributed by atoms with Crippen molar-refractivity contribution in [2.75, 3.05) is 13.1 Å². The van der Waals surface area contributed by atoms with Crippen LogP contribution in [0.15, 0.2) is 35.5 Å². The van der Waals surface area contributed by atoms with Crippen LogP contribution < -0.4 is 5.73 Å². The molecule has 1 aliphatic heterocycles. The summed E-state index contributed by atoms with van der Waals surface area (Å²) >= 11 is 0. The number of amides is 1. The monoisotopic (exact) mass is 287 g/mol. The van der Waals surface area contributed by atoms with E-state index in [1.165, 1.54) is 0 Å². The molecule has 1 unspecified atom stereocenters. The summed E-state index contributed by atoms with van der Waals surface area (Å²) < 4.78 is 0. The van der Waals surface area contributed by atoms with Crippen LogP contribution in [-0.2, 0) is 10.2 Å². The molecule has 1 amide bonds. The first-order valence-corrected chi connectivity index (χ1v) is 7.50. The largest absolute Gasteiger partial charge is 0.409 e. The Balaban J connectivity index is 1.76. The van der Waals surface area contributed by atoms with Gasteiger partial charge in [0.15, 0.2) is 0 Å². The molecule has 2 aliphatic rings. The van der Waals surface area contributed by atoms with E-state index in [9.17, 15) is 4.79 Å². The number of amidine groups is 1. The third-order valence-electron chi connectivity index (χ3n) is 4.73. The van der Waals surface area contributed by atoms with Gasteiger partial charge in [-0.15, -0.1) is 0 Å². The summed E-state index contributed by atoms with van der Waals surface area (Å²) in [6, 6.07) is 10.0. The molecule has 1 aliphatic carbocycles. The number of nitrogens with two attached hydrogens (primary N) is 1. The number of piperidine rings is 1. The Bertz CT molecular complexity index is 552. The zero-order chi connectivity index (χ0) is 14.9. The topological polar surface area (TPSA) is 78.9 Å². The first kappa shape index (κ1) is 13.9. The van der Waals surface area contributed by atoms with Crippen LogP contribution in [0.5, 0.6) is 0 Å². The molecule has 5 nitrogen and oxygen atoms in total. The third-order valence-corrected chi connectivity index (χ3v) is 4.73. The lowest BCUT2D eigenvalue weighted by Crippen LogP contribution is -2.47. The van der Waals surface area contributed by atoms with Crippen LogP contribution in [0.3, 0.4) is 0 Å². The zero-order valence-electron chi connectivity index (χ0n) is 12.0. The van der Waals surface area contributed by atoms with Gasteiger partial charge in [0.05, 0.1) is 5.41 Å². The van der Waals surface area contributed by atoms with Crippen molar-refractivity contribution < 1.29 is 10.0 Å². The smallest absolute Gasteiger partial charge is 0.233 e. The minimum Gasteiger partial charge on any atom is -0.409 e.